The minimum Gasteiger partial charge on any atom is -0.493 e. The van der Waals surface area contributed by atoms with Gasteiger partial charge in [-0.25, -0.2) is 0 Å². The van der Waals surface area contributed by atoms with E-state index in [1.165, 1.54) is 5.56 Å². The van der Waals surface area contributed by atoms with Crippen LogP contribution in [0.4, 0.5) is 5.69 Å². The SMILES string of the molecule is CC[C@H](C)c1ccc(NC(=O)Cc2cc(OC)c(OC)c(OC)c2)cc1. The number of carbonyl (C=O) groups excluding carboxylic acids is 1. The Morgan fingerprint density at radius 3 is 2.04 bits per heavy atom. The zero-order valence-electron chi connectivity index (χ0n) is 16.1. The number of carbonyl (C=O) groups is 1. The fourth-order valence-electron chi connectivity index (χ4n) is 2.76. The van der Waals surface area contributed by atoms with Crippen molar-refractivity contribution in [1.82, 2.24) is 0 Å². The second-order valence-electron chi connectivity index (χ2n) is 6.19. The lowest BCUT2D eigenvalue weighted by Gasteiger charge is -2.14. The topological polar surface area (TPSA) is 56.8 Å². The maximum absolute atomic E-state index is 12.4. The molecule has 0 spiro atoms. The standard InChI is InChI=1S/C21H27NO4/c1-6-14(2)16-7-9-17(10-8-16)22-20(23)13-15-11-18(24-3)21(26-5)19(12-15)25-4/h7-12,14H,6,13H2,1-5H3,(H,22,23)/t14-/m0/s1. The monoisotopic (exact) mass is 357 g/mol. The zero-order chi connectivity index (χ0) is 19.1. The fraction of sp³-hybridized carbons (Fsp3) is 0.381. The van der Waals surface area contributed by atoms with Crippen LogP contribution >= 0.6 is 0 Å². The Kier molecular flexibility index (Phi) is 6.89. The normalized spacial score (nSPS) is 11.6. The van der Waals surface area contributed by atoms with Gasteiger partial charge in [-0.3, -0.25) is 4.79 Å². The molecule has 2 aromatic rings. The van der Waals surface area contributed by atoms with E-state index in [9.17, 15) is 4.79 Å². The van der Waals surface area contributed by atoms with Gasteiger partial charge in [-0.2, -0.15) is 0 Å². The Bertz CT molecular complexity index is 715. The Labute approximate surface area is 155 Å². The number of amides is 1. The molecular formula is C21H27NO4. The van der Waals surface area contributed by atoms with Gasteiger partial charge in [-0.05, 0) is 47.7 Å². The van der Waals surface area contributed by atoms with Gasteiger partial charge in [0, 0.05) is 5.69 Å². The Balaban J connectivity index is 2.10. The molecule has 5 heteroatoms. The summed E-state index contributed by atoms with van der Waals surface area (Å²) in [7, 11) is 4.66. The van der Waals surface area contributed by atoms with Crippen LogP contribution < -0.4 is 19.5 Å². The van der Waals surface area contributed by atoms with E-state index in [1.54, 1.807) is 33.5 Å². The molecule has 1 atom stereocenters. The third kappa shape index (κ3) is 4.69. The molecule has 0 fully saturated rings. The quantitative estimate of drug-likeness (QED) is 0.760. The molecule has 0 saturated carbocycles. The summed E-state index contributed by atoms with van der Waals surface area (Å²) < 4.78 is 16.0. The van der Waals surface area contributed by atoms with Crippen LogP contribution in [0.25, 0.3) is 0 Å². The summed E-state index contributed by atoms with van der Waals surface area (Å²) in [6, 6.07) is 11.6. The molecule has 0 aliphatic carbocycles. The van der Waals surface area contributed by atoms with E-state index >= 15 is 0 Å². The minimum absolute atomic E-state index is 0.101. The van der Waals surface area contributed by atoms with Gasteiger partial charge in [0.25, 0.3) is 0 Å². The van der Waals surface area contributed by atoms with Crippen LogP contribution in [0.3, 0.4) is 0 Å². The van der Waals surface area contributed by atoms with Gasteiger partial charge < -0.3 is 19.5 Å². The molecule has 1 amide bonds. The van der Waals surface area contributed by atoms with Crippen molar-refractivity contribution in [2.75, 3.05) is 26.6 Å². The van der Waals surface area contributed by atoms with Gasteiger partial charge in [0.2, 0.25) is 11.7 Å². The van der Waals surface area contributed by atoms with E-state index < -0.39 is 0 Å². The first-order chi connectivity index (χ1) is 12.5. The first-order valence-corrected chi connectivity index (χ1v) is 8.71. The number of hydrogen-bond donors (Lipinski definition) is 1. The van der Waals surface area contributed by atoms with Crippen molar-refractivity contribution < 1.29 is 19.0 Å². The summed E-state index contributed by atoms with van der Waals surface area (Å²) in [6.45, 7) is 4.36. The van der Waals surface area contributed by atoms with E-state index in [4.69, 9.17) is 14.2 Å². The summed E-state index contributed by atoms with van der Waals surface area (Å²) in [4.78, 5) is 12.4. The molecular weight excluding hydrogens is 330 g/mol. The third-order valence-electron chi connectivity index (χ3n) is 4.47. The van der Waals surface area contributed by atoms with Gasteiger partial charge in [0.1, 0.15) is 0 Å². The maximum Gasteiger partial charge on any atom is 0.228 e. The highest BCUT2D eigenvalue weighted by Gasteiger charge is 2.15. The molecule has 0 unspecified atom stereocenters. The average Bonchev–Trinajstić information content (AvgIpc) is 2.66. The van der Waals surface area contributed by atoms with E-state index in [1.807, 2.05) is 12.1 Å². The summed E-state index contributed by atoms with van der Waals surface area (Å²) in [5.74, 6) is 1.99. The van der Waals surface area contributed by atoms with Crippen molar-refractivity contribution in [2.45, 2.75) is 32.6 Å². The second-order valence-corrected chi connectivity index (χ2v) is 6.19. The largest absolute Gasteiger partial charge is 0.493 e. The van der Waals surface area contributed by atoms with Crippen LogP contribution in [0.2, 0.25) is 0 Å². The van der Waals surface area contributed by atoms with Gasteiger partial charge in [-0.15, -0.1) is 0 Å². The molecule has 0 aromatic heterocycles. The van der Waals surface area contributed by atoms with Crippen molar-refractivity contribution in [3.63, 3.8) is 0 Å². The molecule has 0 bridgehead atoms. The molecule has 0 radical (unpaired) electrons. The van der Waals surface area contributed by atoms with Crippen molar-refractivity contribution in [3.05, 3.63) is 47.5 Å². The van der Waals surface area contributed by atoms with Crippen LogP contribution in [-0.4, -0.2) is 27.2 Å². The van der Waals surface area contributed by atoms with Crippen molar-refractivity contribution in [3.8, 4) is 17.2 Å². The number of ether oxygens (including phenoxy) is 3. The van der Waals surface area contributed by atoms with Crippen molar-refractivity contribution in [1.29, 1.82) is 0 Å². The Morgan fingerprint density at radius 1 is 1.00 bits per heavy atom. The lowest BCUT2D eigenvalue weighted by molar-refractivity contribution is -0.115. The number of methoxy groups -OCH3 is 3. The first kappa shape index (κ1) is 19.6. The van der Waals surface area contributed by atoms with Crippen molar-refractivity contribution in [2.24, 2.45) is 0 Å². The van der Waals surface area contributed by atoms with Crippen LogP contribution in [-0.2, 0) is 11.2 Å². The van der Waals surface area contributed by atoms with Crippen LogP contribution in [0, 0.1) is 0 Å². The van der Waals surface area contributed by atoms with Crippen LogP contribution in [0.1, 0.15) is 37.3 Å². The van der Waals surface area contributed by atoms with Crippen molar-refractivity contribution >= 4 is 11.6 Å². The molecule has 2 rings (SSSR count). The number of anilines is 1. The molecule has 1 N–H and O–H groups in total. The fourth-order valence-corrected chi connectivity index (χ4v) is 2.76. The Hall–Kier alpha value is -2.69. The molecule has 2 aromatic carbocycles. The highest BCUT2D eigenvalue weighted by atomic mass is 16.5. The molecule has 0 aliphatic rings. The summed E-state index contributed by atoms with van der Waals surface area (Å²) in [5, 5.41) is 2.93. The number of benzene rings is 2. The molecule has 140 valence electrons. The lowest BCUT2D eigenvalue weighted by Crippen LogP contribution is -2.14. The van der Waals surface area contributed by atoms with E-state index in [-0.39, 0.29) is 12.3 Å². The summed E-state index contributed by atoms with van der Waals surface area (Å²) >= 11 is 0. The van der Waals surface area contributed by atoms with E-state index in [0.717, 1.165) is 17.7 Å². The highest BCUT2D eigenvalue weighted by Crippen LogP contribution is 2.38. The van der Waals surface area contributed by atoms with Crippen LogP contribution in [0.5, 0.6) is 17.2 Å². The number of rotatable bonds is 8. The highest BCUT2D eigenvalue weighted by molar-refractivity contribution is 5.92. The molecule has 26 heavy (non-hydrogen) atoms. The Morgan fingerprint density at radius 2 is 1.58 bits per heavy atom. The number of hydrogen-bond acceptors (Lipinski definition) is 4. The minimum atomic E-state index is -0.101. The molecule has 0 aliphatic heterocycles. The maximum atomic E-state index is 12.4. The zero-order valence-corrected chi connectivity index (χ0v) is 16.1. The number of nitrogens with one attached hydrogen (secondary N) is 1. The molecule has 5 nitrogen and oxygen atoms in total. The van der Waals surface area contributed by atoms with E-state index in [0.29, 0.717) is 23.2 Å². The first-order valence-electron chi connectivity index (χ1n) is 8.71. The lowest BCUT2D eigenvalue weighted by atomic mass is 9.98. The smallest absolute Gasteiger partial charge is 0.228 e. The second kappa shape index (κ2) is 9.13. The van der Waals surface area contributed by atoms with Gasteiger partial charge in [0.05, 0.1) is 27.8 Å². The molecule has 0 saturated heterocycles. The van der Waals surface area contributed by atoms with Gasteiger partial charge in [-0.1, -0.05) is 26.0 Å². The molecule has 0 heterocycles. The van der Waals surface area contributed by atoms with Gasteiger partial charge >= 0.3 is 0 Å². The average molecular weight is 357 g/mol. The summed E-state index contributed by atoms with van der Waals surface area (Å²) in [5.41, 5.74) is 2.85. The predicted molar refractivity (Wildman–Crippen MR) is 104 cm³/mol. The van der Waals surface area contributed by atoms with E-state index in [2.05, 4.69) is 31.3 Å². The third-order valence-corrected chi connectivity index (χ3v) is 4.47. The summed E-state index contributed by atoms with van der Waals surface area (Å²) in [6.07, 6.45) is 1.30. The predicted octanol–water partition coefficient (Wildman–Crippen LogP) is 4.41. The van der Waals surface area contributed by atoms with Gasteiger partial charge in [0.15, 0.2) is 11.5 Å². The van der Waals surface area contributed by atoms with Crippen LogP contribution in [0.15, 0.2) is 36.4 Å².